The van der Waals surface area contributed by atoms with Gasteiger partial charge in [-0.3, -0.25) is 4.90 Å². The SMILES string of the molecule is CC(C)(C)C1(CCO)CNCCN1C(=O)O.Cl. The third-order valence-corrected chi connectivity index (χ3v) is 3.60. The van der Waals surface area contributed by atoms with Crippen LogP contribution in [0.3, 0.4) is 0 Å². The van der Waals surface area contributed by atoms with Crippen molar-refractivity contribution >= 4 is 18.5 Å². The summed E-state index contributed by atoms with van der Waals surface area (Å²) in [5, 5.41) is 21.7. The van der Waals surface area contributed by atoms with Gasteiger partial charge in [0.2, 0.25) is 0 Å². The zero-order valence-corrected chi connectivity index (χ0v) is 11.5. The van der Waals surface area contributed by atoms with Gasteiger partial charge in [-0.25, -0.2) is 4.79 Å². The molecule has 0 radical (unpaired) electrons. The minimum atomic E-state index is -0.898. The van der Waals surface area contributed by atoms with Crippen molar-refractivity contribution in [2.75, 3.05) is 26.2 Å². The van der Waals surface area contributed by atoms with Crippen molar-refractivity contribution in [1.82, 2.24) is 10.2 Å². The van der Waals surface area contributed by atoms with E-state index in [4.69, 9.17) is 0 Å². The van der Waals surface area contributed by atoms with E-state index in [1.165, 1.54) is 4.90 Å². The van der Waals surface area contributed by atoms with Crippen LogP contribution in [0.5, 0.6) is 0 Å². The summed E-state index contributed by atoms with van der Waals surface area (Å²) >= 11 is 0. The van der Waals surface area contributed by atoms with E-state index in [1.54, 1.807) is 0 Å². The predicted molar refractivity (Wildman–Crippen MR) is 68.7 cm³/mol. The van der Waals surface area contributed by atoms with Crippen molar-refractivity contribution in [2.45, 2.75) is 32.7 Å². The number of halogens is 1. The van der Waals surface area contributed by atoms with E-state index < -0.39 is 11.6 Å². The molecule has 0 aromatic carbocycles. The number of amides is 1. The molecule has 0 spiro atoms. The zero-order chi connectivity index (χ0) is 12.4. The molecule has 5 nitrogen and oxygen atoms in total. The van der Waals surface area contributed by atoms with Crippen LogP contribution in [-0.2, 0) is 0 Å². The van der Waals surface area contributed by atoms with Crippen LogP contribution in [0, 0.1) is 5.41 Å². The highest BCUT2D eigenvalue weighted by atomic mass is 35.5. The molecule has 1 aliphatic heterocycles. The molecule has 3 N–H and O–H groups in total. The molecule has 1 aliphatic rings. The van der Waals surface area contributed by atoms with Gasteiger partial charge in [-0.05, 0) is 11.8 Å². The molecular weight excluding hydrogens is 244 g/mol. The van der Waals surface area contributed by atoms with E-state index in [1.807, 2.05) is 20.8 Å². The Morgan fingerprint density at radius 3 is 2.47 bits per heavy atom. The van der Waals surface area contributed by atoms with Gasteiger partial charge in [-0.15, -0.1) is 12.4 Å². The summed E-state index contributed by atoms with van der Waals surface area (Å²) in [4.78, 5) is 12.8. The van der Waals surface area contributed by atoms with Crippen molar-refractivity contribution in [1.29, 1.82) is 0 Å². The number of piperazine rings is 1. The van der Waals surface area contributed by atoms with E-state index in [9.17, 15) is 15.0 Å². The molecule has 0 saturated carbocycles. The Bertz CT molecular complexity index is 264. The lowest BCUT2D eigenvalue weighted by atomic mass is 9.69. The van der Waals surface area contributed by atoms with Gasteiger partial charge in [-0.2, -0.15) is 0 Å². The molecule has 1 unspecified atom stereocenters. The van der Waals surface area contributed by atoms with Gasteiger partial charge in [0.15, 0.2) is 0 Å². The Balaban J connectivity index is 0.00000256. The molecule has 1 amide bonds. The number of aliphatic hydroxyl groups is 1. The van der Waals surface area contributed by atoms with Crippen molar-refractivity contribution in [2.24, 2.45) is 5.41 Å². The summed E-state index contributed by atoms with van der Waals surface area (Å²) in [6.07, 6.45) is -0.430. The van der Waals surface area contributed by atoms with E-state index in [-0.39, 0.29) is 24.4 Å². The Labute approximate surface area is 109 Å². The van der Waals surface area contributed by atoms with Crippen LogP contribution >= 0.6 is 12.4 Å². The fourth-order valence-electron chi connectivity index (χ4n) is 2.53. The first-order valence-electron chi connectivity index (χ1n) is 5.67. The Hall–Kier alpha value is -0.520. The highest BCUT2D eigenvalue weighted by Gasteiger charge is 2.49. The molecule has 1 fully saturated rings. The average Bonchev–Trinajstić information content (AvgIpc) is 2.16. The first-order chi connectivity index (χ1) is 7.35. The van der Waals surface area contributed by atoms with E-state index in [0.29, 0.717) is 26.1 Å². The molecule has 1 atom stereocenters. The second-order valence-electron chi connectivity index (χ2n) is 5.37. The second-order valence-corrected chi connectivity index (χ2v) is 5.37. The first-order valence-corrected chi connectivity index (χ1v) is 5.67. The van der Waals surface area contributed by atoms with Crippen LogP contribution in [0.1, 0.15) is 27.2 Å². The van der Waals surface area contributed by atoms with Crippen LogP contribution < -0.4 is 5.32 Å². The number of carboxylic acid groups (broad SMARTS) is 1. The summed E-state index contributed by atoms with van der Waals surface area (Å²) < 4.78 is 0. The summed E-state index contributed by atoms with van der Waals surface area (Å²) in [6.45, 7) is 7.82. The van der Waals surface area contributed by atoms with E-state index >= 15 is 0 Å². The maximum Gasteiger partial charge on any atom is 0.407 e. The topological polar surface area (TPSA) is 72.8 Å². The number of carbonyl (C=O) groups is 1. The van der Waals surface area contributed by atoms with Crippen molar-refractivity contribution in [3.05, 3.63) is 0 Å². The summed E-state index contributed by atoms with van der Waals surface area (Å²) in [7, 11) is 0. The van der Waals surface area contributed by atoms with Gasteiger partial charge < -0.3 is 15.5 Å². The van der Waals surface area contributed by atoms with Crippen LogP contribution in [-0.4, -0.2) is 53.0 Å². The molecule has 0 aromatic rings. The number of aliphatic hydroxyl groups excluding tert-OH is 1. The van der Waals surface area contributed by atoms with Crippen LogP contribution in [0.2, 0.25) is 0 Å². The molecule has 0 aromatic heterocycles. The van der Waals surface area contributed by atoms with E-state index in [2.05, 4.69) is 5.32 Å². The fraction of sp³-hybridized carbons (Fsp3) is 0.909. The minimum Gasteiger partial charge on any atom is -0.465 e. The quantitative estimate of drug-likeness (QED) is 0.701. The monoisotopic (exact) mass is 266 g/mol. The summed E-state index contributed by atoms with van der Waals surface area (Å²) in [5.74, 6) is 0. The van der Waals surface area contributed by atoms with Crippen molar-refractivity contribution in [3.63, 3.8) is 0 Å². The van der Waals surface area contributed by atoms with Crippen LogP contribution in [0.15, 0.2) is 0 Å². The molecule has 1 heterocycles. The third-order valence-electron chi connectivity index (χ3n) is 3.60. The molecule has 1 saturated heterocycles. The summed E-state index contributed by atoms with van der Waals surface area (Å²) in [6, 6.07) is 0. The lowest BCUT2D eigenvalue weighted by molar-refractivity contribution is -0.0289. The Kier molecular flexibility index (Phi) is 5.71. The normalized spacial score (nSPS) is 25.3. The van der Waals surface area contributed by atoms with Crippen LogP contribution in [0.25, 0.3) is 0 Å². The number of nitrogens with zero attached hydrogens (tertiary/aromatic N) is 1. The zero-order valence-electron chi connectivity index (χ0n) is 10.7. The Morgan fingerprint density at radius 1 is 1.47 bits per heavy atom. The minimum absolute atomic E-state index is 0. The lowest BCUT2D eigenvalue weighted by Crippen LogP contribution is -2.68. The van der Waals surface area contributed by atoms with Crippen LogP contribution in [0.4, 0.5) is 4.79 Å². The predicted octanol–water partition coefficient (Wildman–Crippen LogP) is 1.16. The van der Waals surface area contributed by atoms with Gasteiger partial charge in [0.1, 0.15) is 0 Å². The number of rotatable bonds is 2. The largest absolute Gasteiger partial charge is 0.465 e. The average molecular weight is 267 g/mol. The molecule has 6 heteroatoms. The Morgan fingerprint density at radius 2 is 2.06 bits per heavy atom. The standard InChI is InChI=1S/C11H22N2O3.ClH/c1-10(2,3)11(4-7-14)8-12-5-6-13(11)9(15)16;/h12,14H,4-8H2,1-3H3,(H,15,16);1H. The smallest absolute Gasteiger partial charge is 0.407 e. The highest BCUT2D eigenvalue weighted by molar-refractivity contribution is 5.85. The van der Waals surface area contributed by atoms with Crippen molar-refractivity contribution < 1.29 is 15.0 Å². The number of nitrogens with one attached hydrogen (secondary N) is 1. The molecule has 0 bridgehead atoms. The van der Waals surface area contributed by atoms with Gasteiger partial charge in [-0.1, -0.05) is 20.8 Å². The van der Waals surface area contributed by atoms with Gasteiger partial charge in [0, 0.05) is 26.2 Å². The molecule has 102 valence electrons. The summed E-state index contributed by atoms with van der Waals surface area (Å²) in [5.41, 5.74) is -0.729. The molecule has 1 rings (SSSR count). The van der Waals surface area contributed by atoms with Gasteiger partial charge in [0.05, 0.1) is 5.54 Å². The second kappa shape index (κ2) is 5.89. The fourth-order valence-corrected chi connectivity index (χ4v) is 2.53. The maximum absolute atomic E-state index is 11.3. The van der Waals surface area contributed by atoms with Crippen molar-refractivity contribution in [3.8, 4) is 0 Å². The first kappa shape index (κ1) is 16.5. The van der Waals surface area contributed by atoms with Gasteiger partial charge in [0.25, 0.3) is 0 Å². The molecular formula is C11H23ClN2O3. The number of hydrogen-bond donors (Lipinski definition) is 3. The van der Waals surface area contributed by atoms with E-state index in [0.717, 1.165) is 0 Å². The molecule has 17 heavy (non-hydrogen) atoms. The third kappa shape index (κ3) is 3.03. The maximum atomic E-state index is 11.3. The number of hydrogen-bond acceptors (Lipinski definition) is 3. The molecule has 0 aliphatic carbocycles. The lowest BCUT2D eigenvalue weighted by Gasteiger charge is -2.53. The van der Waals surface area contributed by atoms with Gasteiger partial charge >= 0.3 is 6.09 Å². The highest BCUT2D eigenvalue weighted by Crippen LogP contribution is 2.39.